The maximum absolute atomic E-state index is 14.5. The minimum Gasteiger partial charge on any atom is -0.342 e. The van der Waals surface area contributed by atoms with Crippen molar-refractivity contribution in [1.29, 1.82) is 5.41 Å². The van der Waals surface area contributed by atoms with Gasteiger partial charge in [-0.3, -0.25) is 15.1 Å². The highest BCUT2D eigenvalue weighted by Gasteiger charge is 2.45. The second-order valence-electron chi connectivity index (χ2n) is 8.18. The normalized spacial score (nSPS) is 18.9. The zero-order valence-electron chi connectivity index (χ0n) is 17.7. The molecule has 4 N–H and O–H groups in total. The Morgan fingerprint density at radius 1 is 1.34 bits per heavy atom. The van der Waals surface area contributed by atoms with E-state index in [0.717, 1.165) is 12.8 Å². The molecule has 0 radical (unpaired) electrons. The molecule has 1 aliphatic rings. The molecule has 1 fully saturated rings. The maximum Gasteiger partial charge on any atom is 0.315 e. The van der Waals surface area contributed by atoms with Gasteiger partial charge in [0, 0.05) is 18.7 Å². The fraction of sp³-hybridized carbons (Fsp3) is 0.571. The molecule has 1 unspecified atom stereocenters. The van der Waals surface area contributed by atoms with Crippen LogP contribution in [0.4, 0.5) is 9.18 Å². The Bertz CT molecular complexity index is 767. The van der Waals surface area contributed by atoms with Crippen LogP contribution in [0.15, 0.2) is 18.2 Å². The number of amides is 3. The van der Waals surface area contributed by atoms with E-state index in [1.54, 1.807) is 19.1 Å². The summed E-state index contributed by atoms with van der Waals surface area (Å²) in [6.07, 6.45) is 2.50. The standard InChI is InChI=1S/C21H32FN5O2/c1-5-6-9-24-20(29)25-12-16-8-7-15(10-17(16)22)13-27-18(28)21(4,11-14(2)3)26-19(27)23/h7-8,10,14H,5-6,9,11-13H2,1-4H3,(H2,23,26)(H2,24,25,29). The molecule has 0 bridgehead atoms. The summed E-state index contributed by atoms with van der Waals surface area (Å²) in [5.41, 5.74) is 0.149. The van der Waals surface area contributed by atoms with E-state index in [1.807, 2.05) is 20.8 Å². The number of guanidine groups is 1. The summed E-state index contributed by atoms with van der Waals surface area (Å²) < 4.78 is 14.5. The molecule has 0 spiro atoms. The van der Waals surface area contributed by atoms with Gasteiger partial charge in [-0.1, -0.05) is 39.3 Å². The third-order valence-electron chi connectivity index (χ3n) is 4.91. The molecule has 160 valence electrons. The van der Waals surface area contributed by atoms with Gasteiger partial charge in [0.15, 0.2) is 5.96 Å². The highest BCUT2D eigenvalue weighted by atomic mass is 19.1. The number of halogens is 1. The van der Waals surface area contributed by atoms with E-state index < -0.39 is 11.4 Å². The number of nitrogens with one attached hydrogen (secondary N) is 4. The molecular weight excluding hydrogens is 373 g/mol. The van der Waals surface area contributed by atoms with Crippen molar-refractivity contribution >= 4 is 17.9 Å². The van der Waals surface area contributed by atoms with Crippen LogP contribution < -0.4 is 16.0 Å². The van der Waals surface area contributed by atoms with Crippen LogP contribution in [0.5, 0.6) is 0 Å². The van der Waals surface area contributed by atoms with Crippen molar-refractivity contribution in [3.8, 4) is 0 Å². The van der Waals surface area contributed by atoms with Crippen LogP contribution in [0.2, 0.25) is 0 Å². The number of nitrogens with zero attached hydrogens (tertiary/aromatic N) is 1. The van der Waals surface area contributed by atoms with Crippen molar-refractivity contribution in [2.75, 3.05) is 6.54 Å². The summed E-state index contributed by atoms with van der Waals surface area (Å²) in [5, 5.41) is 16.4. The fourth-order valence-electron chi connectivity index (χ4n) is 3.52. The summed E-state index contributed by atoms with van der Waals surface area (Å²) in [4.78, 5) is 25.8. The van der Waals surface area contributed by atoms with E-state index in [2.05, 4.69) is 16.0 Å². The Labute approximate surface area is 171 Å². The molecule has 0 aromatic heterocycles. The van der Waals surface area contributed by atoms with Crippen molar-refractivity contribution in [3.63, 3.8) is 0 Å². The number of benzene rings is 1. The van der Waals surface area contributed by atoms with E-state index in [4.69, 9.17) is 5.41 Å². The van der Waals surface area contributed by atoms with Gasteiger partial charge in [-0.2, -0.15) is 0 Å². The average molecular weight is 406 g/mol. The first kappa shape index (κ1) is 22.6. The lowest BCUT2D eigenvalue weighted by Gasteiger charge is -2.24. The smallest absolute Gasteiger partial charge is 0.315 e. The lowest BCUT2D eigenvalue weighted by molar-refractivity contribution is -0.131. The topological polar surface area (TPSA) is 97.3 Å². The first-order chi connectivity index (χ1) is 13.7. The Balaban J connectivity index is 1.97. The second kappa shape index (κ2) is 9.71. The van der Waals surface area contributed by atoms with E-state index in [-0.39, 0.29) is 31.0 Å². The molecule has 8 heteroatoms. The highest BCUT2D eigenvalue weighted by Crippen LogP contribution is 2.26. The van der Waals surface area contributed by atoms with E-state index >= 15 is 0 Å². The monoisotopic (exact) mass is 405 g/mol. The second-order valence-corrected chi connectivity index (χ2v) is 8.18. The predicted molar refractivity (Wildman–Crippen MR) is 111 cm³/mol. The number of carbonyl (C=O) groups is 2. The van der Waals surface area contributed by atoms with Crippen molar-refractivity contribution < 1.29 is 14.0 Å². The average Bonchev–Trinajstić information content (AvgIpc) is 2.83. The van der Waals surface area contributed by atoms with Crippen LogP contribution in [0.3, 0.4) is 0 Å². The van der Waals surface area contributed by atoms with Crippen LogP contribution in [-0.2, 0) is 17.9 Å². The van der Waals surface area contributed by atoms with Crippen LogP contribution in [-0.4, -0.2) is 34.9 Å². The molecule has 0 aliphatic carbocycles. The quantitative estimate of drug-likeness (QED) is 0.475. The first-order valence-electron chi connectivity index (χ1n) is 10.1. The number of hydrogen-bond acceptors (Lipinski definition) is 3. The van der Waals surface area contributed by atoms with Gasteiger partial charge in [0.2, 0.25) is 0 Å². The molecule has 3 amide bonds. The third kappa shape index (κ3) is 5.92. The van der Waals surface area contributed by atoms with E-state index in [0.29, 0.717) is 30.0 Å². The molecule has 29 heavy (non-hydrogen) atoms. The Morgan fingerprint density at radius 2 is 2.07 bits per heavy atom. The van der Waals surface area contributed by atoms with Gasteiger partial charge >= 0.3 is 6.03 Å². The van der Waals surface area contributed by atoms with Crippen molar-refractivity contribution in [2.45, 2.75) is 65.6 Å². The van der Waals surface area contributed by atoms with Gasteiger partial charge in [0.1, 0.15) is 11.4 Å². The molecule has 1 aromatic rings. The Morgan fingerprint density at radius 3 is 2.69 bits per heavy atom. The van der Waals surface area contributed by atoms with E-state index in [1.165, 1.54) is 11.0 Å². The predicted octanol–water partition coefficient (Wildman–Crippen LogP) is 3.10. The van der Waals surface area contributed by atoms with Crippen LogP contribution >= 0.6 is 0 Å². The molecule has 1 heterocycles. The minimum atomic E-state index is -0.807. The molecular formula is C21H32FN5O2. The van der Waals surface area contributed by atoms with Gasteiger partial charge in [-0.05, 0) is 37.3 Å². The Kier molecular flexibility index (Phi) is 7.59. The largest absolute Gasteiger partial charge is 0.342 e. The Hall–Kier alpha value is -2.64. The van der Waals surface area contributed by atoms with Crippen LogP contribution in [0.1, 0.15) is 58.1 Å². The highest BCUT2D eigenvalue weighted by molar-refractivity contribution is 6.07. The van der Waals surface area contributed by atoms with Gasteiger partial charge in [0.25, 0.3) is 5.91 Å². The van der Waals surface area contributed by atoms with Crippen molar-refractivity contribution in [3.05, 3.63) is 35.1 Å². The van der Waals surface area contributed by atoms with Crippen LogP contribution in [0.25, 0.3) is 0 Å². The molecule has 2 rings (SSSR count). The molecule has 1 atom stereocenters. The summed E-state index contributed by atoms with van der Waals surface area (Å²) in [5.74, 6) is -0.292. The number of carbonyl (C=O) groups excluding carboxylic acids is 2. The lowest BCUT2D eigenvalue weighted by atomic mass is 9.91. The van der Waals surface area contributed by atoms with E-state index in [9.17, 15) is 14.0 Å². The minimum absolute atomic E-state index is 0.0352. The first-order valence-corrected chi connectivity index (χ1v) is 10.1. The molecule has 0 saturated carbocycles. The number of urea groups is 1. The zero-order valence-corrected chi connectivity index (χ0v) is 17.7. The molecule has 1 aliphatic heterocycles. The molecule has 7 nitrogen and oxygen atoms in total. The number of rotatable bonds is 9. The molecule has 1 aromatic carbocycles. The maximum atomic E-state index is 14.5. The van der Waals surface area contributed by atoms with Crippen molar-refractivity contribution in [2.24, 2.45) is 5.92 Å². The van der Waals surface area contributed by atoms with Crippen LogP contribution in [0, 0.1) is 17.1 Å². The summed E-state index contributed by atoms with van der Waals surface area (Å²) >= 11 is 0. The number of hydrogen-bond donors (Lipinski definition) is 4. The summed E-state index contributed by atoms with van der Waals surface area (Å²) in [6, 6.07) is 4.34. The van der Waals surface area contributed by atoms with Gasteiger partial charge in [-0.25, -0.2) is 9.18 Å². The number of unbranched alkanes of at least 4 members (excludes halogenated alkanes) is 1. The third-order valence-corrected chi connectivity index (χ3v) is 4.91. The SMILES string of the molecule is CCCCNC(=O)NCc1ccc(CN2C(=N)NC(C)(CC(C)C)C2=O)cc1F. The van der Waals surface area contributed by atoms with Gasteiger partial charge in [-0.15, -0.1) is 0 Å². The lowest BCUT2D eigenvalue weighted by Crippen LogP contribution is -2.44. The molecule has 1 saturated heterocycles. The van der Waals surface area contributed by atoms with Gasteiger partial charge < -0.3 is 16.0 Å². The van der Waals surface area contributed by atoms with Crippen molar-refractivity contribution in [1.82, 2.24) is 20.9 Å². The van der Waals surface area contributed by atoms with Gasteiger partial charge in [0.05, 0.1) is 6.54 Å². The zero-order chi connectivity index (χ0) is 21.6. The fourth-order valence-corrected chi connectivity index (χ4v) is 3.52. The summed E-state index contributed by atoms with van der Waals surface area (Å²) in [7, 11) is 0. The summed E-state index contributed by atoms with van der Waals surface area (Å²) in [6.45, 7) is 8.68.